The molecular weight excluding hydrogens is 692 g/mol. The minimum Gasteiger partial charge on any atom is -0.463 e. The van der Waals surface area contributed by atoms with Crippen LogP contribution >= 0.6 is 0 Å². The molecule has 0 rings (SSSR count). The van der Waals surface area contributed by atoms with Gasteiger partial charge in [0, 0.05) is 6.42 Å². The Morgan fingerprint density at radius 1 is 0.321 bits per heavy atom. The van der Waals surface area contributed by atoms with E-state index >= 15 is 0 Å². The SMILES string of the molecule is CCCCCCCCCCCCCCC(=O)OCCOCCOCCOCCOCCOCCOCCOCCOCCOCCOCCOCCO. The Morgan fingerprint density at radius 2 is 0.547 bits per heavy atom. The molecule has 0 aliphatic heterocycles. The predicted octanol–water partition coefficient (Wildman–Crippen LogP) is 4.80. The van der Waals surface area contributed by atoms with E-state index in [1.54, 1.807) is 0 Å². The Bertz CT molecular complexity index is 676. The van der Waals surface area contributed by atoms with Gasteiger partial charge in [0.2, 0.25) is 0 Å². The van der Waals surface area contributed by atoms with Crippen molar-refractivity contribution >= 4 is 5.97 Å². The first-order valence-electron chi connectivity index (χ1n) is 20.4. The highest BCUT2D eigenvalue weighted by molar-refractivity contribution is 5.69. The van der Waals surface area contributed by atoms with Crippen LogP contribution in [0.2, 0.25) is 0 Å². The molecule has 0 aromatic heterocycles. The van der Waals surface area contributed by atoms with Gasteiger partial charge in [-0.25, -0.2) is 0 Å². The molecule has 0 spiro atoms. The lowest BCUT2D eigenvalue weighted by Crippen LogP contribution is -2.15. The smallest absolute Gasteiger partial charge is 0.305 e. The van der Waals surface area contributed by atoms with Crippen LogP contribution in [0.3, 0.4) is 0 Å². The lowest BCUT2D eigenvalue weighted by molar-refractivity contribution is -0.145. The summed E-state index contributed by atoms with van der Waals surface area (Å²) >= 11 is 0. The molecule has 0 fully saturated rings. The molecule has 0 aromatic carbocycles. The Balaban J connectivity index is 3.11. The Kier molecular flexibility index (Phi) is 48.1. The molecule has 0 amide bonds. The highest BCUT2D eigenvalue weighted by Gasteiger charge is 2.03. The highest BCUT2D eigenvalue weighted by Crippen LogP contribution is 2.12. The summed E-state index contributed by atoms with van der Waals surface area (Å²) in [4.78, 5) is 11.9. The maximum Gasteiger partial charge on any atom is 0.305 e. The minimum atomic E-state index is -0.135. The van der Waals surface area contributed by atoms with E-state index in [1.165, 1.54) is 64.2 Å². The van der Waals surface area contributed by atoms with Crippen LogP contribution < -0.4 is 0 Å². The van der Waals surface area contributed by atoms with Crippen molar-refractivity contribution in [1.82, 2.24) is 0 Å². The second-order valence-corrected chi connectivity index (χ2v) is 12.3. The number of aliphatic hydroxyl groups is 1. The van der Waals surface area contributed by atoms with Crippen molar-refractivity contribution in [3.8, 4) is 0 Å². The molecule has 0 atom stereocenters. The van der Waals surface area contributed by atoms with Gasteiger partial charge in [0.05, 0.1) is 152 Å². The van der Waals surface area contributed by atoms with Crippen molar-refractivity contribution in [2.75, 3.05) is 159 Å². The topological polar surface area (TPSA) is 148 Å². The summed E-state index contributed by atoms with van der Waals surface area (Å²) in [6.45, 7) is 13.1. The molecule has 0 unspecified atom stereocenters. The van der Waals surface area contributed by atoms with E-state index in [2.05, 4.69) is 6.92 Å². The Morgan fingerprint density at radius 3 is 0.811 bits per heavy atom. The molecule has 0 aliphatic carbocycles. The number of esters is 1. The summed E-state index contributed by atoms with van der Waals surface area (Å²) in [5, 5.41) is 8.59. The molecule has 1 N–H and O–H groups in total. The van der Waals surface area contributed by atoms with Gasteiger partial charge >= 0.3 is 5.97 Å². The van der Waals surface area contributed by atoms with Crippen molar-refractivity contribution in [1.29, 1.82) is 0 Å². The van der Waals surface area contributed by atoms with Gasteiger partial charge in [-0.3, -0.25) is 4.79 Å². The fourth-order valence-electron chi connectivity index (χ4n) is 4.76. The van der Waals surface area contributed by atoms with Crippen LogP contribution in [-0.2, 0) is 61.6 Å². The summed E-state index contributed by atoms with van der Waals surface area (Å²) in [5.41, 5.74) is 0. The van der Waals surface area contributed by atoms with E-state index in [4.69, 9.17) is 61.9 Å². The molecular formula is C39H78O14. The number of hydrogen-bond acceptors (Lipinski definition) is 14. The van der Waals surface area contributed by atoms with Crippen molar-refractivity contribution in [3.05, 3.63) is 0 Å². The number of carbonyl (C=O) groups excluding carboxylic acids is 1. The van der Waals surface area contributed by atoms with E-state index in [0.29, 0.717) is 152 Å². The molecule has 0 saturated carbocycles. The van der Waals surface area contributed by atoms with Crippen LogP contribution in [-0.4, -0.2) is 170 Å². The number of ether oxygens (including phenoxy) is 12. The lowest BCUT2D eigenvalue weighted by atomic mass is 10.0. The first-order valence-corrected chi connectivity index (χ1v) is 20.4. The standard InChI is InChI=1S/C39H78O14/c1-2-3-4-5-6-7-8-9-10-11-12-13-14-39(41)53-38-37-52-36-35-51-34-33-50-32-31-49-30-29-48-28-27-47-26-25-46-24-23-45-22-21-44-20-19-43-18-17-42-16-15-40/h40H,2-38H2,1H3. The molecule has 14 nitrogen and oxygen atoms in total. The quantitative estimate of drug-likeness (QED) is 0.0668. The molecule has 0 bridgehead atoms. The lowest BCUT2D eigenvalue weighted by Gasteiger charge is -2.09. The van der Waals surface area contributed by atoms with E-state index < -0.39 is 0 Å². The molecule has 0 aromatic rings. The molecule has 0 radical (unpaired) electrons. The average molecular weight is 771 g/mol. The minimum absolute atomic E-state index is 0.0231. The first-order chi connectivity index (χ1) is 26.3. The number of aliphatic hydroxyl groups excluding tert-OH is 1. The summed E-state index contributed by atoms with van der Waals surface area (Å²) in [6, 6.07) is 0. The fourth-order valence-corrected chi connectivity index (χ4v) is 4.76. The van der Waals surface area contributed by atoms with Crippen LogP contribution in [0.25, 0.3) is 0 Å². The third-order valence-electron chi connectivity index (χ3n) is 7.68. The third-order valence-corrected chi connectivity index (χ3v) is 7.68. The second-order valence-electron chi connectivity index (χ2n) is 12.3. The van der Waals surface area contributed by atoms with Crippen molar-refractivity contribution < 1.29 is 66.7 Å². The number of carbonyl (C=O) groups is 1. The highest BCUT2D eigenvalue weighted by atomic mass is 16.6. The maximum absolute atomic E-state index is 11.9. The number of unbranched alkanes of at least 4 members (excludes halogenated alkanes) is 11. The zero-order valence-corrected chi connectivity index (χ0v) is 33.4. The summed E-state index contributed by atoms with van der Waals surface area (Å²) in [7, 11) is 0. The number of hydrogen-bond donors (Lipinski definition) is 1. The van der Waals surface area contributed by atoms with Crippen LogP contribution in [0.1, 0.15) is 90.4 Å². The molecule has 53 heavy (non-hydrogen) atoms. The largest absolute Gasteiger partial charge is 0.463 e. The van der Waals surface area contributed by atoms with Gasteiger partial charge in [-0.05, 0) is 6.42 Å². The van der Waals surface area contributed by atoms with Crippen molar-refractivity contribution in [3.63, 3.8) is 0 Å². The molecule has 0 saturated heterocycles. The zero-order valence-electron chi connectivity index (χ0n) is 33.4. The summed E-state index contributed by atoms with van der Waals surface area (Å²) in [5.74, 6) is -0.135. The van der Waals surface area contributed by atoms with Gasteiger partial charge in [-0.15, -0.1) is 0 Å². The summed E-state index contributed by atoms with van der Waals surface area (Å²) < 4.78 is 64.9. The third kappa shape index (κ3) is 49.0. The van der Waals surface area contributed by atoms with Gasteiger partial charge in [-0.2, -0.15) is 0 Å². The monoisotopic (exact) mass is 771 g/mol. The maximum atomic E-state index is 11.9. The molecule has 14 heteroatoms. The molecule has 318 valence electrons. The van der Waals surface area contributed by atoms with Gasteiger partial charge in [0.25, 0.3) is 0 Å². The van der Waals surface area contributed by atoms with Crippen molar-refractivity contribution in [2.24, 2.45) is 0 Å². The fraction of sp³-hybridized carbons (Fsp3) is 0.974. The predicted molar refractivity (Wildman–Crippen MR) is 203 cm³/mol. The van der Waals surface area contributed by atoms with Gasteiger partial charge < -0.3 is 61.9 Å². The molecule has 0 aliphatic rings. The van der Waals surface area contributed by atoms with E-state index in [1.807, 2.05) is 0 Å². The second kappa shape index (κ2) is 49.0. The molecule has 0 heterocycles. The van der Waals surface area contributed by atoms with Crippen LogP contribution in [0.15, 0.2) is 0 Å². The summed E-state index contributed by atoms with van der Waals surface area (Å²) in [6.07, 6.45) is 15.9. The van der Waals surface area contributed by atoms with Crippen molar-refractivity contribution in [2.45, 2.75) is 90.4 Å². The van der Waals surface area contributed by atoms with E-state index in [0.717, 1.165) is 12.8 Å². The van der Waals surface area contributed by atoms with E-state index in [9.17, 15) is 4.79 Å². The Hall–Kier alpha value is -1.01. The van der Waals surface area contributed by atoms with Crippen LogP contribution in [0.5, 0.6) is 0 Å². The average Bonchev–Trinajstić information content (AvgIpc) is 3.16. The first kappa shape index (κ1) is 52.0. The van der Waals surface area contributed by atoms with Gasteiger partial charge in [0.15, 0.2) is 0 Å². The normalized spacial score (nSPS) is 11.5. The van der Waals surface area contributed by atoms with Crippen LogP contribution in [0, 0.1) is 0 Å². The van der Waals surface area contributed by atoms with Gasteiger partial charge in [-0.1, -0.05) is 77.6 Å². The van der Waals surface area contributed by atoms with E-state index in [-0.39, 0.29) is 19.2 Å². The zero-order chi connectivity index (χ0) is 38.2. The number of rotatable bonds is 48. The van der Waals surface area contributed by atoms with Gasteiger partial charge in [0.1, 0.15) is 6.61 Å². The van der Waals surface area contributed by atoms with Crippen LogP contribution in [0.4, 0.5) is 0 Å². The Labute approximate surface area is 321 Å².